The standard InChI is InChI=1S/C14H18ClN3/c1-12(10-16)18-7-5-17(6-8-18)11-13-3-2-4-14(15)9-13/h2-4,9,12H,5-8,11H2,1H3. The Morgan fingerprint density at radius 3 is 2.67 bits per heavy atom. The molecule has 1 unspecified atom stereocenters. The molecule has 1 fully saturated rings. The third-order valence-electron chi connectivity index (χ3n) is 3.44. The average Bonchev–Trinajstić information content (AvgIpc) is 2.39. The van der Waals surface area contributed by atoms with Crippen molar-refractivity contribution < 1.29 is 0 Å². The molecule has 18 heavy (non-hydrogen) atoms. The molecule has 0 amide bonds. The van der Waals surface area contributed by atoms with Gasteiger partial charge in [0.05, 0.1) is 12.1 Å². The second kappa shape index (κ2) is 6.19. The number of hydrogen-bond acceptors (Lipinski definition) is 3. The normalized spacial score (nSPS) is 19.4. The van der Waals surface area contributed by atoms with E-state index in [1.165, 1.54) is 5.56 Å². The number of piperazine rings is 1. The second-order valence-electron chi connectivity index (χ2n) is 4.75. The van der Waals surface area contributed by atoms with E-state index < -0.39 is 0 Å². The van der Waals surface area contributed by atoms with E-state index in [9.17, 15) is 0 Å². The van der Waals surface area contributed by atoms with Crippen LogP contribution in [0.1, 0.15) is 12.5 Å². The van der Waals surface area contributed by atoms with Crippen LogP contribution in [0.4, 0.5) is 0 Å². The summed E-state index contributed by atoms with van der Waals surface area (Å²) in [5, 5.41) is 9.69. The zero-order chi connectivity index (χ0) is 13.0. The lowest BCUT2D eigenvalue weighted by atomic mass is 10.2. The van der Waals surface area contributed by atoms with Crippen LogP contribution in [-0.2, 0) is 6.54 Å². The van der Waals surface area contributed by atoms with Gasteiger partial charge in [-0.15, -0.1) is 0 Å². The first kappa shape index (κ1) is 13.4. The molecule has 96 valence electrons. The van der Waals surface area contributed by atoms with Gasteiger partial charge >= 0.3 is 0 Å². The highest BCUT2D eigenvalue weighted by Gasteiger charge is 2.20. The molecular weight excluding hydrogens is 246 g/mol. The predicted molar refractivity (Wildman–Crippen MR) is 73.4 cm³/mol. The highest BCUT2D eigenvalue weighted by Crippen LogP contribution is 2.14. The Bertz CT molecular complexity index is 433. The Labute approximate surface area is 114 Å². The van der Waals surface area contributed by atoms with Gasteiger partial charge in [0.25, 0.3) is 0 Å². The summed E-state index contributed by atoms with van der Waals surface area (Å²) >= 11 is 5.98. The Hall–Kier alpha value is -1.08. The van der Waals surface area contributed by atoms with E-state index in [0.717, 1.165) is 37.7 Å². The van der Waals surface area contributed by atoms with Crippen LogP contribution in [0.3, 0.4) is 0 Å². The predicted octanol–water partition coefficient (Wildman–Crippen LogP) is 2.37. The van der Waals surface area contributed by atoms with Crippen LogP contribution in [0, 0.1) is 11.3 Å². The monoisotopic (exact) mass is 263 g/mol. The summed E-state index contributed by atoms with van der Waals surface area (Å²) in [6.07, 6.45) is 0. The molecule has 1 heterocycles. The van der Waals surface area contributed by atoms with Crippen LogP contribution < -0.4 is 0 Å². The minimum Gasteiger partial charge on any atom is -0.297 e. The molecule has 1 aromatic rings. The molecule has 3 nitrogen and oxygen atoms in total. The Kier molecular flexibility index (Phi) is 4.60. The summed E-state index contributed by atoms with van der Waals surface area (Å²) in [4.78, 5) is 4.64. The number of halogens is 1. The van der Waals surface area contributed by atoms with Gasteiger partial charge in [-0.1, -0.05) is 23.7 Å². The zero-order valence-electron chi connectivity index (χ0n) is 10.6. The molecule has 2 rings (SSSR count). The highest BCUT2D eigenvalue weighted by atomic mass is 35.5. The average molecular weight is 264 g/mol. The fourth-order valence-electron chi connectivity index (χ4n) is 2.28. The van der Waals surface area contributed by atoms with Gasteiger partial charge in [-0.25, -0.2) is 0 Å². The van der Waals surface area contributed by atoms with Crippen molar-refractivity contribution in [1.29, 1.82) is 5.26 Å². The first-order valence-corrected chi connectivity index (χ1v) is 6.67. The van der Waals surface area contributed by atoms with Gasteiger partial charge in [0.15, 0.2) is 0 Å². The Balaban J connectivity index is 1.86. The van der Waals surface area contributed by atoms with Gasteiger partial charge in [0.1, 0.15) is 0 Å². The molecule has 1 saturated heterocycles. The first-order valence-electron chi connectivity index (χ1n) is 6.29. The fraction of sp³-hybridized carbons (Fsp3) is 0.500. The van der Waals surface area contributed by atoms with Gasteiger partial charge < -0.3 is 0 Å². The second-order valence-corrected chi connectivity index (χ2v) is 5.18. The summed E-state index contributed by atoms with van der Waals surface area (Å²) < 4.78 is 0. The van der Waals surface area contributed by atoms with Crippen LogP contribution in [-0.4, -0.2) is 42.0 Å². The van der Waals surface area contributed by atoms with Crippen LogP contribution in [0.15, 0.2) is 24.3 Å². The van der Waals surface area contributed by atoms with E-state index in [-0.39, 0.29) is 6.04 Å². The van der Waals surface area contributed by atoms with E-state index in [1.54, 1.807) is 0 Å². The maximum atomic E-state index is 8.90. The smallest absolute Gasteiger partial charge is 0.0950 e. The lowest BCUT2D eigenvalue weighted by molar-refractivity contribution is 0.114. The zero-order valence-corrected chi connectivity index (χ0v) is 11.4. The largest absolute Gasteiger partial charge is 0.297 e. The molecule has 1 atom stereocenters. The topological polar surface area (TPSA) is 30.3 Å². The number of benzene rings is 1. The lowest BCUT2D eigenvalue weighted by Gasteiger charge is -2.35. The van der Waals surface area contributed by atoms with E-state index in [4.69, 9.17) is 16.9 Å². The number of rotatable bonds is 3. The Morgan fingerprint density at radius 1 is 1.33 bits per heavy atom. The van der Waals surface area contributed by atoms with E-state index in [1.807, 2.05) is 25.1 Å². The van der Waals surface area contributed by atoms with Gasteiger partial charge in [-0.2, -0.15) is 5.26 Å². The molecule has 0 radical (unpaired) electrons. The minimum atomic E-state index is 0.0262. The van der Waals surface area contributed by atoms with Crippen LogP contribution in [0.25, 0.3) is 0 Å². The maximum absolute atomic E-state index is 8.90. The van der Waals surface area contributed by atoms with Crippen LogP contribution >= 0.6 is 11.6 Å². The van der Waals surface area contributed by atoms with Crippen molar-refractivity contribution >= 4 is 11.6 Å². The molecule has 0 spiro atoms. The summed E-state index contributed by atoms with van der Waals surface area (Å²) in [5.41, 5.74) is 1.25. The van der Waals surface area contributed by atoms with Crippen LogP contribution in [0.2, 0.25) is 5.02 Å². The summed E-state index contributed by atoms with van der Waals surface area (Å²) in [5.74, 6) is 0. The molecule has 0 aliphatic carbocycles. The van der Waals surface area contributed by atoms with Crippen molar-refractivity contribution in [2.75, 3.05) is 26.2 Å². The van der Waals surface area contributed by atoms with Gasteiger partial charge in [0, 0.05) is 37.7 Å². The molecule has 0 saturated carbocycles. The van der Waals surface area contributed by atoms with E-state index in [2.05, 4.69) is 21.9 Å². The van der Waals surface area contributed by atoms with Crippen molar-refractivity contribution in [2.45, 2.75) is 19.5 Å². The minimum absolute atomic E-state index is 0.0262. The van der Waals surface area contributed by atoms with Crippen molar-refractivity contribution in [3.8, 4) is 6.07 Å². The molecule has 1 aromatic carbocycles. The molecule has 0 aromatic heterocycles. The van der Waals surface area contributed by atoms with E-state index >= 15 is 0 Å². The first-order chi connectivity index (χ1) is 8.69. The lowest BCUT2D eigenvalue weighted by Crippen LogP contribution is -2.48. The molecule has 0 N–H and O–H groups in total. The molecule has 1 aliphatic rings. The van der Waals surface area contributed by atoms with Gasteiger partial charge in [0.2, 0.25) is 0 Å². The van der Waals surface area contributed by atoms with Gasteiger partial charge in [-0.3, -0.25) is 9.80 Å². The maximum Gasteiger partial charge on any atom is 0.0950 e. The van der Waals surface area contributed by atoms with Crippen molar-refractivity contribution in [3.63, 3.8) is 0 Å². The van der Waals surface area contributed by atoms with Crippen molar-refractivity contribution in [3.05, 3.63) is 34.9 Å². The highest BCUT2D eigenvalue weighted by molar-refractivity contribution is 6.30. The van der Waals surface area contributed by atoms with Crippen molar-refractivity contribution in [2.24, 2.45) is 0 Å². The third-order valence-corrected chi connectivity index (χ3v) is 3.67. The van der Waals surface area contributed by atoms with E-state index in [0.29, 0.717) is 0 Å². The SMILES string of the molecule is CC(C#N)N1CCN(Cc2cccc(Cl)c2)CC1. The fourth-order valence-corrected chi connectivity index (χ4v) is 2.50. The number of hydrogen-bond donors (Lipinski definition) is 0. The third kappa shape index (κ3) is 3.46. The summed E-state index contributed by atoms with van der Waals surface area (Å²) in [7, 11) is 0. The quantitative estimate of drug-likeness (QED) is 0.839. The molecule has 1 aliphatic heterocycles. The molecular formula is C14H18ClN3. The Morgan fingerprint density at radius 2 is 2.06 bits per heavy atom. The number of nitrogens with zero attached hydrogens (tertiary/aromatic N) is 3. The summed E-state index contributed by atoms with van der Waals surface area (Å²) in [6.45, 7) is 6.86. The number of nitriles is 1. The van der Waals surface area contributed by atoms with Gasteiger partial charge in [-0.05, 0) is 24.6 Å². The molecule has 0 bridgehead atoms. The van der Waals surface area contributed by atoms with Crippen molar-refractivity contribution in [1.82, 2.24) is 9.80 Å². The summed E-state index contributed by atoms with van der Waals surface area (Å²) in [6, 6.07) is 10.3. The molecule has 4 heteroatoms. The van der Waals surface area contributed by atoms with Crippen LogP contribution in [0.5, 0.6) is 0 Å².